The number of rotatable bonds is 1. The molecule has 1 heterocycles. The van der Waals surface area contributed by atoms with Crippen LogP contribution >= 0.6 is 0 Å². The lowest BCUT2D eigenvalue weighted by Crippen LogP contribution is -2.54. The highest BCUT2D eigenvalue weighted by molar-refractivity contribution is 6.06. The fourth-order valence-electron chi connectivity index (χ4n) is 1.97. The predicted octanol–water partition coefficient (Wildman–Crippen LogP) is 1.83. The molecule has 1 aliphatic rings. The van der Waals surface area contributed by atoms with Crippen molar-refractivity contribution in [2.24, 2.45) is 0 Å². The maximum absolute atomic E-state index is 11.8. The van der Waals surface area contributed by atoms with Crippen LogP contribution in [0.25, 0.3) is 0 Å². The molecule has 3 amide bonds. The number of nitrogens with zero attached hydrogens (tertiary/aromatic N) is 1. The first-order chi connectivity index (χ1) is 7.59. The molecule has 1 aromatic carbocycles. The molecule has 0 saturated carbocycles. The van der Waals surface area contributed by atoms with Crippen LogP contribution in [0.4, 0.5) is 10.5 Å². The van der Waals surface area contributed by atoms with Crippen molar-refractivity contribution in [3.05, 3.63) is 29.8 Å². The average Bonchev–Trinajstić information content (AvgIpc) is 2.19. The first-order valence-corrected chi connectivity index (χ1v) is 5.28. The van der Waals surface area contributed by atoms with E-state index in [1.165, 1.54) is 0 Å². The smallest absolute Gasteiger partial charge is 0.291 e. The van der Waals surface area contributed by atoms with E-state index < -0.39 is 0 Å². The number of carbonyl (C=O) groups excluding carboxylic acids is 2. The normalized spacial score (nSPS) is 20.9. The Bertz CT molecular complexity index is 442. The monoisotopic (exact) mass is 218 g/mol. The predicted molar refractivity (Wildman–Crippen MR) is 61.3 cm³/mol. The molecule has 1 atom stereocenters. The number of amides is 3. The van der Waals surface area contributed by atoms with Gasteiger partial charge in [0.15, 0.2) is 0 Å². The Kier molecular flexibility index (Phi) is 2.64. The van der Waals surface area contributed by atoms with Crippen molar-refractivity contribution in [1.29, 1.82) is 0 Å². The summed E-state index contributed by atoms with van der Waals surface area (Å²) >= 11 is 0. The SMILES string of the molecule is Cc1ccccc1N1C(=O)NC(=O)C[C@@H]1C. The number of urea groups is 1. The highest BCUT2D eigenvalue weighted by Gasteiger charge is 2.31. The standard InChI is InChI=1S/C12H14N2O2/c1-8-5-3-4-6-10(8)14-9(2)7-11(15)13-12(14)16/h3-6,9H,7H2,1-2H3,(H,13,15,16)/t9-/m0/s1. The van der Waals surface area contributed by atoms with Crippen LogP contribution in [-0.4, -0.2) is 18.0 Å². The number of aryl methyl sites for hydroxylation is 1. The van der Waals surface area contributed by atoms with Gasteiger partial charge in [-0.05, 0) is 25.5 Å². The number of carbonyl (C=O) groups is 2. The van der Waals surface area contributed by atoms with E-state index >= 15 is 0 Å². The van der Waals surface area contributed by atoms with E-state index in [-0.39, 0.29) is 18.0 Å². The quantitative estimate of drug-likeness (QED) is 0.781. The van der Waals surface area contributed by atoms with Gasteiger partial charge in [0, 0.05) is 18.2 Å². The maximum atomic E-state index is 11.8. The first-order valence-electron chi connectivity index (χ1n) is 5.28. The second-order valence-corrected chi connectivity index (χ2v) is 4.06. The molecular formula is C12H14N2O2. The van der Waals surface area contributed by atoms with Crippen molar-refractivity contribution in [3.63, 3.8) is 0 Å². The van der Waals surface area contributed by atoms with Crippen molar-refractivity contribution < 1.29 is 9.59 Å². The number of para-hydroxylation sites is 1. The van der Waals surface area contributed by atoms with Crippen LogP contribution in [0.1, 0.15) is 18.9 Å². The maximum Gasteiger partial charge on any atom is 0.328 e. The summed E-state index contributed by atoms with van der Waals surface area (Å²) in [7, 11) is 0. The number of benzene rings is 1. The molecule has 2 rings (SSSR count). The van der Waals surface area contributed by atoms with Crippen LogP contribution in [0.15, 0.2) is 24.3 Å². The number of hydrogen-bond donors (Lipinski definition) is 1. The van der Waals surface area contributed by atoms with Crippen LogP contribution in [0.5, 0.6) is 0 Å². The van der Waals surface area contributed by atoms with Gasteiger partial charge < -0.3 is 0 Å². The van der Waals surface area contributed by atoms with E-state index in [1.807, 2.05) is 38.1 Å². The van der Waals surface area contributed by atoms with Gasteiger partial charge >= 0.3 is 6.03 Å². The van der Waals surface area contributed by atoms with E-state index in [0.29, 0.717) is 6.42 Å². The van der Waals surface area contributed by atoms with Gasteiger partial charge in [0.25, 0.3) is 0 Å². The minimum Gasteiger partial charge on any atom is -0.291 e. The van der Waals surface area contributed by atoms with Gasteiger partial charge in [-0.25, -0.2) is 4.79 Å². The first kappa shape index (κ1) is 10.7. The van der Waals surface area contributed by atoms with Gasteiger partial charge in [-0.2, -0.15) is 0 Å². The Labute approximate surface area is 94.2 Å². The van der Waals surface area contributed by atoms with E-state index in [2.05, 4.69) is 5.32 Å². The van der Waals surface area contributed by atoms with Crippen LogP contribution in [-0.2, 0) is 4.79 Å². The third-order valence-electron chi connectivity index (χ3n) is 2.76. The lowest BCUT2D eigenvalue weighted by Gasteiger charge is -2.33. The number of hydrogen-bond acceptors (Lipinski definition) is 2. The molecule has 16 heavy (non-hydrogen) atoms. The lowest BCUT2D eigenvalue weighted by atomic mass is 10.1. The minimum atomic E-state index is -0.335. The van der Waals surface area contributed by atoms with Gasteiger partial charge in [-0.1, -0.05) is 18.2 Å². The van der Waals surface area contributed by atoms with E-state index in [1.54, 1.807) is 4.90 Å². The van der Waals surface area contributed by atoms with Crippen molar-refractivity contribution in [2.75, 3.05) is 4.90 Å². The van der Waals surface area contributed by atoms with Gasteiger partial charge in [-0.15, -0.1) is 0 Å². The molecule has 0 bridgehead atoms. The van der Waals surface area contributed by atoms with Crippen LogP contribution < -0.4 is 10.2 Å². The average molecular weight is 218 g/mol. The summed E-state index contributed by atoms with van der Waals surface area (Å²) in [5.74, 6) is -0.206. The molecular weight excluding hydrogens is 204 g/mol. The Morgan fingerprint density at radius 1 is 1.31 bits per heavy atom. The zero-order valence-corrected chi connectivity index (χ0v) is 9.36. The molecule has 1 N–H and O–H groups in total. The molecule has 0 radical (unpaired) electrons. The molecule has 1 saturated heterocycles. The van der Waals surface area contributed by atoms with Crippen LogP contribution in [0, 0.1) is 6.92 Å². The number of imide groups is 1. The molecule has 0 unspecified atom stereocenters. The van der Waals surface area contributed by atoms with Gasteiger partial charge in [0.1, 0.15) is 0 Å². The molecule has 1 aliphatic heterocycles. The molecule has 84 valence electrons. The molecule has 1 aromatic rings. The lowest BCUT2D eigenvalue weighted by molar-refractivity contribution is -0.120. The second-order valence-electron chi connectivity index (χ2n) is 4.06. The summed E-state index contributed by atoms with van der Waals surface area (Å²) in [6.45, 7) is 3.83. The minimum absolute atomic E-state index is 0.0950. The van der Waals surface area contributed by atoms with Crippen molar-refractivity contribution >= 4 is 17.6 Å². The second kappa shape index (κ2) is 3.96. The number of anilines is 1. The fraction of sp³-hybridized carbons (Fsp3) is 0.333. The Morgan fingerprint density at radius 2 is 2.00 bits per heavy atom. The zero-order valence-electron chi connectivity index (χ0n) is 9.36. The Balaban J connectivity index is 2.37. The summed E-state index contributed by atoms with van der Waals surface area (Å²) in [5, 5.41) is 2.33. The molecule has 0 aromatic heterocycles. The fourth-order valence-corrected chi connectivity index (χ4v) is 1.97. The van der Waals surface area contributed by atoms with Crippen LogP contribution in [0.2, 0.25) is 0 Å². The summed E-state index contributed by atoms with van der Waals surface area (Å²) in [5.41, 5.74) is 1.89. The van der Waals surface area contributed by atoms with Gasteiger partial charge in [0.05, 0.1) is 0 Å². The van der Waals surface area contributed by atoms with Crippen molar-refractivity contribution in [2.45, 2.75) is 26.3 Å². The third kappa shape index (κ3) is 1.78. The highest BCUT2D eigenvalue weighted by Crippen LogP contribution is 2.24. The Morgan fingerprint density at radius 3 is 2.62 bits per heavy atom. The summed E-state index contributed by atoms with van der Waals surface area (Å²) in [4.78, 5) is 24.6. The number of nitrogens with one attached hydrogen (secondary N) is 1. The van der Waals surface area contributed by atoms with E-state index in [9.17, 15) is 9.59 Å². The third-order valence-corrected chi connectivity index (χ3v) is 2.76. The van der Waals surface area contributed by atoms with E-state index in [0.717, 1.165) is 11.3 Å². The van der Waals surface area contributed by atoms with Crippen LogP contribution in [0.3, 0.4) is 0 Å². The van der Waals surface area contributed by atoms with Gasteiger partial charge in [-0.3, -0.25) is 15.0 Å². The topological polar surface area (TPSA) is 49.4 Å². The van der Waals surface area contributed by atoms with Gasteiger partial charge in [0.2, 0.25) is 5.91 Å². The largest absolute Gasteiger partial charge is 0.328 e. The Hall–Kier alpha value is -1.84. The van der Waals surface area contributed by atoms with Crippen molar-refractivity contribution in [3.8, 4) is 0 Å². The summed E-state index contributed by atoms with van der Waals surface area (Å²) in [6.07, 6.45) is 0.347. The molecule has 0 aliphatic carbocycles. The summed E-state index contributed by atoms with van der Waals surface area (Å²) in [6, 6.07) is 7.22. The molecule has 0 spiro atoms. The molecule has 4 heteroatoms. The molecule has 4 nitrogen and oxygen atoms in total. The molecule has 1 fully saturated rings. The highest BCUT2D eigenvalue weighted by atomic mass is 16.2. The zero-order chi connectivity index (χ0) is 11.7. The van der Waals surface area contributed by atoms with Crippen molar-refractivity contribution in [1.82, 2.24) is 5.32 Å². The summed E-state index contributed by atoms with van der Waals surface area (Å²) < 4.78 is 0. The van der Waals surface area contributed by atoms with E-state index in [4.69, 9.17) is 0 Å².